The first kappa shape index (κ1) is 20.2. The molecule has 0 fully saturated rings. The third-order valence-corrected chi connectivity index (χ3v) is 6.39. The average Bonchev–Trinajstić information content (AvgIpc) is 3.37. The van der Waals surface area contributed by atoms with Gasteiger partial charge in [-0.1, -0.05) is 48.2 Å². The first-order valence-corrected chi connectivity index (χ1v) is 11.1. The lowest BCUT2D eigenvalue weighted by Crippen LogP contribution is -2.15. The Morgan fingerprint density at radius 1 is 1.23 bits per heavy atom. The van der Waals surface area contributed by atoms with Gasteiger partial charge in [-0.2, -0.15) is 0 Å². The maximum absolute atomic E-state index is 12.5. The SMILES string of the molecule is C=CCn1c(SCC(=O)Nc2ccccc2OC)nnc1-c1csc2ccccc12. The minimum atomic E-state index is -0.139. The molecule has 0 saturated carbocycles. The van der Waals surface area contributed by atoms with Crippen molar-refractivity contribution in [3.63, 3.8) is 0 Å². The normalized spacial score (nSPS) is 10.8. The molecule has 8 heteroatoms. The number of thiophene rings is 1. The lowest BCUT2D eigenvalue weighted by molar-refractivity contribution is -0.113. The Hall–Kier alpha value is -3.10. The van der Waals surface area contributed by atoms with Gasteiger partial charge < -0.3 is 10.1 Å². The highest BCUT2D eigenvalue weighted by Crippen LogP contribution is 2.34. The molecule has 1 amide bonds. The largest absolute Gasteiger partial charge is 0.495 e. The van der Waals surface area contributed by atoms with E-state index in [2.05, 4.69) is 39.6 Å². The number of aromatic nitrogens is 3. The Bertz CT molecular complexity index is 1200. The predicted molar refractivity (Wildman–Crippen MR) is 123 cm³/mol. The van der Waals surface area contributed by atoms with E-state index in [1.54, 1.807) is 36.7 Å². The molecule has 0 aliphatic carbocycles. The minimum absolute atomic E-state index is 0.139. The molecule has 0 radical (unpaired) electrons. The Balaban J connectivity index is 1.53. The van der Waals surface area contributed by atoms with Gasteiger partial charge in [-0.15, -0.1) is 28.1 Å². The highest BCUT2D eigenvalue weighted by atomic mass is 32.2. The zero-order chi connectivity index (χ0) is 20.9. The van der Waals surface area contributed by atoms with Crippen molar-refractivity contribution in [3.8, 4) is 17.1 Å². The van der Waals surface area contributed by atoms with Gasteiger partial charge in [0.1, 0.15) is 5.75 Å². The number of thioether (sulfide) groups is 1. The van der Waals surface area contributed by atoms with Crippen LogP contribution in [0, 0.1) is 0 Å². The maximum Gasteiger partial charge on any atom is 0.234 e. The predicted octanol–water partition coefficient (Wildman–Crippen LogP) is 5.09. The zero-order valence-corrected chi connectivity index (χ0v) is 18.0. The Kier molecular flexibility index (Phi) is 6.15. The van der Waals surface area contributed by atoms with Crippen LogP contribution < -0.4 is 10.1 Å². The molecule has 0 bridgehead atoms. The molecular weight excluding hydrogens is 416 g/mol. The molecule has 2 heterocycles. The van der Waals surface area contributed by atoms with Gasteiger partial charge in [0.05, 0.1) is 18.6 Å². The number of benzene rings is 2. The minimum Gasteiger partial charge on any atom is -0.495 e. The van der Waals surface area contributed by atoms with Crippen LogP contribution in [0.25, 0.3) is 21.5 Å². The highest BCUT2D eigenvalue weighted by Gasteiger charge is 2.18. The average molecular weight is 437 g/mol. The Labute approximate surface area is 182 Å². The van der Waals surface area contributed by atoms with E-state index in [4.69, 9.17) is 4.74 Å². The molecule has 2 aromatic heterocycles. The third kappa shape index (κ3) is 4.10. The van der Waals surface area contributed by atoms with Crippen molar-refractivity contribution in [2.75, 3.05) is 18.2 Å². The first-order valence-electron chi connectivity index (χ1n) is 9.27. The summed E-state index contributed by atoms with van der Waals surface area (Å²) in [5.74, 6) is 1.47. The standard InChI is InChI=1S/C22H20N4O2S2/c1-3-12-26-21(16-13-29-19-11-7-4-8-15(16)19)24-25-22(26)30-14-20(27)23-17-9-5-6-10-18(17)28-2/h3-11,13H,1,12,14H2,2H3,(H,23,27). The second-order valence-electron chi connectivity index (χ2n) is 6.39. The van der Waals surface area contributed by atoms with Gasteiger partial charge in [-0.25, -0.2) is 0 Å². The van der Waals surface area contributed by atoms with E-state index < -0.39 is 0 Å². The van der Waals surface area contributed by atoms with Crippen molar-refractivity contribution in [3.05, 3.63) is 66.6 Å². The summed E-state index contributed by atoms with van der Waals surface area (Å²) < 4.78 is 8.47. The number of hydrogen-bond acceptors (Lipinski definition) is 6. The quantitative estimate of drug-likeness (QED) is 0.308. The maximum atomic E-state index is 12.5. The number of allylic oxidation sites excluding steroid dienone is 1. The molecule has 152 valence electrons. The number of carbonyl (C=O) groups excluding carboxylic acids is 1. The number of fused-ring (bicyclic) bond motifs is 1. The third-order valence-electron chi connectivity index (χ3n) is 4.46. The second-order valence-corrected chi connectivity index (χ2v) is 8.24. The molecular formula is C22H20N4O2S2. The Morgan fingerprint density at radius 3 is 2.87 bits per heavy atom. The van der Waals surface area contributed by atoms with Crippen molar-refractivity contribution in [2.45, 2.75) is 11.7 Å². The number of amides is 1. The summed E-state index contributed by atoms with van der Waals surface area (Å²) in [6, 6.07) is 15.5. The first-order chi connectivity index (χ1) is 14.7. The van der Waals surface area contributed by atoms with E-state index in [1.165, 1.54) is 16.5 Å². The van der Waals surface area contributed by atoms with Crippen molar-refractivity contribution >= 4 is 44.8 Å². The van der Waals surface area contributed by atoms with Crippen molar-refractivity contribution in [1.29, 1.82) is 0 Å². The summed E-state index contributed by atoms with van der Waals surface area (Å²) >= 11 is 3.02. The van der Waals surface area contributed by atoms with Gasteiger partial charge in [0.15, 0.2) is 11.0 Å². The van der Waals surface area contributed by atoms with E-state index in [0.717, 1.165) is 16.8 Å². The number of methoxy groups -OCH3 is 1. The summed E-state index contributed by atoms with van der Waals surface area (Å²) in [6.45, 7) is 4.41. The van der Waals surface area contributed by atoms with E-state index >= 15 is 0 Å². The van der Waals surface area contributed by atoms with Crippen molar-refractivity contribution in [1.82, 2.24) is 14.8 Å². The van der Waals surface area contributed by atoms with Crippen LogP contribution in [0.3, 0.4) is 0 Å². The van der Waals surface area contributed by atoms with Gasteiger partial charge in [0.25, 0.3) is 0 Å². The highest BCUT2D eigenvalue weighted by molar-refractivity contribution is 7.99. The summed E-state index contributed by atoms with van der Waals surface area (Å²) in [5, 5.41) is 15.6. The molecule has 2 aromatic carbocycles. The smallest absolute Gasteiger partial charge is 0.234 e. The molecule has 0 aliphatic heterocycles. The fourth-order valence-electron chi connectivity index (χ4n) is 3.10. The second kappa shape index (κ2) is 9.15. The van der Waals surface area contributed by atoms with Gasteiger partial charge in [0, 0.05) is 27.6 Å². The number of ether oxygens (including phenoxy) is 1. The van der Waals surface area contributed by atoms with Crippen LogP contribution in [0.15, 0.2) is 71.7 Å². The van der Waals surface area contributed by atoms with Crippen LogP contribution in [-0.2, 0) is 11.3 Å². The number of nitrogens with one attached hydrogen (secondary N) is 1. The van der Waals surface area contributed by atoms with Crippen LogP contribution in [-0.4, -0.2) is 33.5 Å². The van der Waals surface area contributed by atoms with E-state index in [9.17, 15) is 4.79 Å². The molecule has 1 N–H and O–H groups in total. The topological polar surface area (TPSA) is 69.0 Å². The summed E-state index contributed by atoms with van der Waals surface area (Å²) in [5.41, 5.74) is 1.68. The molecule has 4 aromatic rings. The molecule has 0 aliphatic rings. The van der Waals surface area contributed by atoms with Crippen LogP contribution in [0.5, 0.6) is 5.75 Å². The number of carbonyl (C=O) groups is 1. The lowest BCUT2D eigenvalue weighted by Gasteiger charge is -2.10. The van der Waals surface area contributed by atoms with Crippen LogP contribution in [0.2, 0.25) is 0 Å². The van der Waals surface area contributed by atoms with Gasteiger partial charge in [-0.3, -0.25) is 9.36 Å². The van der Waals surface area contributed by atoms with E-state index in [1.807, 2.05) is 28.8 Å². The summed E-state index contributed by atoms with van der Waals surface area (Å²) in [4.78, 5) is 12.5. The van der Waals surface area contributed by atoms with Crippen molar-refractivity contribution in [2.24, 2.45) is 0 Å². The molecule has 30 heavy (non-hydrogen) atoms. The van der Waals surface area contributed by atoms with Crippen LogP contribution in [0.1, 0.15) is 0 Å². The monoisotopic (exact) mass is 436 g/mol. The fourth-order valence-corrected chi connectivity index (χ4v) is 4.79. The van der Waals surface area contributed by atoms with Gasteiger partial charge >= 0.3 is 0 Å². The zero-order valence-electron chi connectivity index (χ0n) is 16.4. The number of rotatable bonds is 8. The van der Waals surface area contributed by atoms with E-state index in [0.29, 0.717) is 23.1 Å². The van der Waals surface area contributed by atoms with Crippen molar-refractivity contribution < 1.29 is 9.53 Å². The summed E-state index contributed by atoms with van der Waals surface area (Å²) in [7, 11) is 1.58. The Morgan fingerprint density at radius 2 is 2.03 bits per heavy atom. The number of anilines is 1. The van der Waals surface area contributed by atoms with Gasteiger partial charge in [-0.05, 0) is 18.2 Å². The number of nitrogens with zero attached hydrogens (tertiary/aromatic N) is 3. The molecule has 6 nitrogen and oxygen atoms in total. The van der Waals surface area contributed by atoms with Crippen LogP contribution in [0.4, 0.5) is 5.69 Å². The molecule has 0 spiro atoms. The van der Waals surface area contributed by atoms with Gasteiger partial charge in [0.2, 0.25) is 5.91 Å². The summed E-state index contributed by atoms with van der Waals surface area (Å²) in [6.07, 6.45) is 1.81. The fraction of sp³-hybridized carbons (Fsp3) is 0.136. The molecule has 0 saturated heterocycles. The lowest BCUT2D eigenvalue weighted by atomic mass is 10.1. The number of hydrogen-bond donors (Lipinski definition) is 1. The molecule has 0 unspecified atom stereocenters. The number of para-hydroxylation sites is 2. The molecule has 4 rings (SSSR count). The molecule has 0 atom stereocenters. The van der Waals surface area contributed by atoms with Crippen LogP contribution >= 0.6 is 23.1 Å². The van der Waals surface area contributed by atoms with E-state index in [-0.39, 0.29) is 11.7 Å².